The van der Waals surface area contributed by atoms with Gasteiger partial charge in [0.05, 0.1) is 19.3 Å². The molecule has 0 aliphatic carbocycles. The van der Waals surface area contributed by atoms with Crippen molar-refractivity contribution in [2.75, 3.05) is 33.6 Å². The summed E-state index contributed by atoms with van der Waals surface area (Å²) < 4.78 is 15.8. The molecule has 0 radical (unpaired) electrons. The van der Waals surface area contributed by atoms with Crippen LogP contribution in [0.5, 0.6) is 11.5 Å². The van der Waals surface area contributed by atoms with Crippen LogP contribution in [0.1, 0.15) is 5.56 Å². The molecule has 3 rings (SSSR count). The van der Waals surface area contributed by atoms with Crippen LogP contribution in [-0.2, 0) is 9.53 Å². The Kier molecular flexibility index (Phi) is 5.03. The van der Waals surface area contributed by atoms with E-state index in [0.717, 1.165) is 5.56 Å². The first-order valence-corrected chi connectivity index (χ1v) is 7.81. The van der Waals surface area contributed by atoms with Gasteiger partial charge in [-0.15, -0.1) is 0 Å². The number of aliphatic hydroxyl groups excluding tert-OH is 2. The van der Waals surface area contributed by atoms with Crippen molar-refractivity contribution < 1.29 is 29.2 Å². The van der Waals surface area contributed by atoms with Crippen LogP contribution in [0.3, 0.4) is 0 Å². The number of hydrogen-bond acceptors (Lipinski definition) is 6. The first-order chi connectivity index (χ1) is 11.5. The number of carbonyl (C=O) groups is 1. The molecule has 0 bridgehead atoms. The molecule has 1 aromatic carbocycles. The molecule has 2 aliphatic rings. The topological polar surface area (TPSA) is 88.5 Å². The van der Waals surface area contributed by atoms with E-state index in [0.29, 0.717) is 24.7 Å². The predicted molar refractivity (Wildman–Crippen MR) is 85.6 cm³/mol. The highest BCUT2D eigenvalue weighted by atomic mass is 16.7. The van der Waals surface area contributed by atoms with E-state index in [4.69, 9.17) is 14.2 Å². The van der Waals surface area contributed by atoms with Gasteiger partial charge in [-0.3, -0.25) is 4.79 Å². The molecule has 1 amide bonds. The van der Waals surface area contributed by atoms with Crippen molar-refractivity contribution in [3.63, 3.8) is 0 Å². The van der Waals surface area contributed by atoms with Gasteiger partial charge in [0.1, 0.15) is 6.10 Å². The second kappa shape index (κ2) is 7.21. The van der Waals surface area contributed by atoms with Crippen molar-refractivity contribution in [3.05, 3.63) is 29.8 Å². The fraction of sp³-hybridized carbons (Fsp3) is 0.471. The highest BCUT2D eigenvalue weighted by molar-refractivity contribution is 5.91. The molecular weight excluding hydrogens is 314 g/mol. The average Bonchev–Trinajstić information content (AvgIpc) is 3.04. The predicted octanol–water partition coefficient (Wildman–Crippen LogP) is 0.255. The Labute approximate surface area is 140 Å². The fourth-order valence-corrected chi connectivity index (χ4v) is 2.77. The van der Waals surface area contributed by atoms with Crippen LogP contribution in [0.25, 0.3) is 6.08 Å². The second-order valence-corrected chi connectivity index (χ2v) is 6.02. The molecule has 1 aromatic rings. The van der Waals surface area contributed by atoms with Crippen molar-refractivity contribution in [3.8, 4) is 11.5 Å². The summed E-state index contributed by atoms with van der Waals surface area (Å²) >= 11 is 0. The van der Waals surface area contributed by atoms with Crippen molar-refractivity contribution in [2.24, 2.45) is 5.92 Å². The molecule has 1 saturated heterocycles. The summed E-state index contributed by atoms with van der Waals surface area (Å²) in [5, 5.41) is 19.6. The minimum absolute atomic E-state index is 0.124. The molecule has 2 aliphatic heterocycles. The number of fused-ring (bicyclic) bond motifs is 1. The Bertz CT molecular complexity index is 632. The van der Waals surface area contributed by atoms with Crippen LogP contribution in [-0.4, -0.2) is 66.8 Å². The molecule has 130 valence electrons. The Balaban J connectivity index is 1.57. The standard InChI is InChI=1S/C17H21NO6/c1-18(7-12-8-22-9-13(19)17(12)21)16(20)5-3-11-2-4-14-15(6-11)24-10-23-14/h2-6,12-13,17,19,21H,7-10H2,1H3/b5-3+/t12-,13-,17+/m1/s1. The number of rotatable bonds is 4. The monoisotopic (exact) mass is 335 g/mol. The number of aliphatic hydroxyl groups is 2. The van der Waals surface area contributed by atoms with Gasteiger partial charge in [0.25, 0.3) is 0 Å². The van der Waals surface area contributed by atoms with E-state index in [1.54, 1.807) is 25.3 Å². The number of hydrogen-bond donors (Lipinski definition) is 2. The lowest BCUT2D eigenvalue weighted by Crippen LogP contribution is -2.48. The van der Waals surface area contributed by atoms with Gasteiger partial charge in [-0.25, -0.2) is 0 Å². The van der Waals surface area contributed by atoms with E-state index >= 15 is 0 Å². The number of ether oxygens (including phenoxy) is 3. The number of nitrogens with zero attached hydrogens (tertiary/aromatic N) is 1. The van der Waals surface area contributed by atoms with Crippen molar-refractivity contribution in [2.45, 2.75) is 12.2 Å². The second-order valence-electron chi connectivity index (χ2n) is 6.02. The third-order valence-electron chi connectivity index (χ3n) is 4.20. The molecule has 0 saturated carbocycles. The molecule has 24 heavy (non-hydrogen) atoms. The molecule has 0 aromatic heterocycles. The van der Waals surface area contributed by atoms with Gasteiger partial charge in [-0.05, 0) is 23.8 Å². The van der Waals surface area contributed by atoms with E-state index in [-0.39, 0.29) is 25.2 Å². The molecule has 3 atom stereocenters. The number of amides is 1. The van der Waals surface area contributed by atoms with Gasteiger partial charge in [0.2, 0.25) is 12.7 Å². The lowest BCUT2D eigenvalue weighted by molar-refractivity contribution is -0.136. The molecule has 0 unspecified atom stereocenters. The van der Waals surface area contributed by atoms with Gasteiger partial charge >= 0.3 is 0 Å². The van der Waals surface area contributed by atoms with Crippen molar-refractivity contribution in [1.82, 2.24) is 4.90 Å². The van der Waals surface area contributed by atoms with Crippen LogP contribution in [0.4, 0.5) is 0 Å². The summed E-state index contributed by atoms with van der Waals surface area (Å²) in [4.78, 5) is 13.7. The normalized spacial score (nSPS) is 25.9. The fourth-order valence-electron chi connectivity index (χ4n) is 2.77. The molecule has 7 heteroatoms. The van der Waals surface area contributed by atoms with Crippen molar-refractivity contribution in [1.29, 1.82) is 0 Å². The summed E-state index contributed by atoms with van der Waals surface area (Å²) in [5.74, 6) is 0.858. The lowest BCUT2D eigenvalue weighted by Gasteiger charge is -2.34. The molecule has 2 heterocycles. The zero-order valence-corrected chi connectivity index (χ0v) is 13.4. The Morgan fingerprint density at radius 2 is 2.08 bits per heavy atom. The highest BCUT2D eigenvalue weighted by Gasteiger charge is 2.32. The van der Waals surface area contributed by atoms with Gasteiger partial charge in [0.15, 0.2) is 11.5 Å². The Morgan fingerprint density at radius 1 is 1.29 bits per heavy atom. The smallest absolute Gasteiger partial charge is 0.246 e. The van der Waals surface area contributed by atoms with Crippen LogP contribution in [0.2, 0.25) is 0 Å². The molecule has 1 fully saturated rings. The first kappa shape index (κ1) is 16.8. The van der Waals surface area contributed by atoms with Crippen LogP contribution >= 0.6 is 0 Å². The van der Waals surface area contributed by atoms with Gasteiger partial charge in [0, 0.05) is 25.6 Å². The number of likely N-dealkylation sites (N-methyl/N-ethyl adjacent to an activating group) is 1. The van der Waals surface area contributed by atoms with E-state index in [9.17, 15) is 15.0 Å². The van der Waals surface area contributed by atoms with E-state index < -0.39 is 12.2 Å². The minimum Gasteiger partial charge on any atom is -0.454 e. The Hall–Kier alpha value is -2.09. The maximum absolute atomic E-state index is 12.2. The van der Waals surface area contributed by atoms with E-state index in [1.807, 2.05) is 6.07 Å². The lowest BCUT2D eigenvalue weighted by atomic mass is 9.96. The van der Waals surface area contributed by atoms with Crippen LogP contribution in [0.15, 0.2) is 24.3 Å². The summed E-state index contributed by atoms with van der Waals surface area (Å²) in [5.41, 5.74) is 0.831. The molecule has 2 N–H and O–H groups in total. The van der Waals surface area contributed by atoms with Gasteiger partial charge < -0.3 is 29.3 Å². The summed E-state index contributed by atoms with van der Waals surface area (Å²) in [6.45, 7) is 0.964. The SMILES string of the molecule is CN(C[C@@H]1COC[C@@H](O)[C@H]1O)C(=O)/C=C/c1ccc2c(c1)OCO2. The molecule has 0 spiro atoms. The minimum atomic E-state index is -0.906. The van der Waals surface area contributed by atoms with E-state index in [2.05, 4.69) is 0 Å². The summed E-state index contributed by atoms with van der Waals surface area (Å²) in [7, 11) is 1.65. The quantitative estimate of drug-likeness (QED) is 0.767. The summed E-state index contributed by atoms with van der Waals surface area (Å²) in [6.07, 6.45) is 1.37. The van der Waals surface area contributed by atoms with Gasteiger partial charge in [-0.2, -0.15) is 0 Å². The molecule has 7 nitrogen and oxygen atoms in total. The molecular formula is C17H21NO6. The average molecular weight is 335 g/mol. The number of carbonyl (C=O) groups excluding carboxylic acids is 1. The zero-order chi connectivity index (χ0) is 17.1. The van der Waals surface area contributed by atoms with Gasteiger partial charge in [-0.1, -0.05) is 6.07 Å². The van der Waals surface area contributed by atoms with Crippen LogP contribution in [0, 0.1) is 5.92 Å². The highest BCUT2D eigenvalue weighted by Crippen LogP contribution is 2.32. The zero-order valence-electron chi connectivity index (χ0n) is 13.4. The van der Waals surface area contributed by atoms with E-state index in [1.165, 1.54) is 11.0 Å². The summed E-state index contributed by atoms with van der Waals surface area (Å²) in [6, 6.07) is 5.45. The number of benzene rings is 1. The Morgan fingerprint density at radius 3 is 2.92 bits per heavy atom. The largest absolute Gasteiger partial charge is 0.454 e. The van der Waals surface area contributed by atoms with Crippen LogP contribution < -0.4 is 9.47 Å². The maximum atomic E-state index is 12.2. The maximum Gasteiger partial charge on any atom is 0.246 e. The van der Waals surface area contributed by atoms with Crippen molar-refractivity contribution >= 4 is 12.0 Å². The first-order valence-electron chi connectivity index (χ1n) is 7.81. The third kappa shape index (κ3) is 3.69. The third-order valence-corrected chi connectivity index (χ3v) is 4.20.